The normalized spacial score (nSPS) is 14.3. The summed E-state index contributed by atoms with van der Waals surface area (Å²) in [6.07, 6.45) is -5.33. The van der Waals surface area contributed by atoms with E-state index in [1.165, 1.54) is 0 Å². The van der Waals surface area contributed by atoms with Crippen molar-refractivity contribution in [3.8, 4) is 0 Å². The first-order valence-corrected chi connectivity index (χ1v) is 26.7. The molecule has 0 aliphatic carbocycles. The second kappa shape index (κ2) is 36.3. The van der Waals surface area contributed by atoms with Gasteiger partial charge < -0.3 is 58.9 Å². The molecule has 31 heteroatoms. The zero-order valence-corrected chi connectivity index (χ0v) is 46.6. The van der Waals surface area contributed by atoms with Gasteiger partial charge in [-0.15, -0.1) is 0 Å². The maximum atomic E-state index is 14.2. The molecule has 20 N–H and O–H groups in total. The van der Waals surface area contributed by atoms with Crippen molar-refractivity contribution in [2.45, 2.75) is 164 Å². The third kappa shape index (κ3) is 28.6. The summed E-state index contributed by atoms with van der Waals surface area (Å²) in [4.78, 5) is 172. The molecule has 1 aromatic rings. The molecule has 1 rings (SSSR count). The van der Waals surface area contributed by atoms with Crippen molar-refractivity contribution in [3.05, 3.63) is 35.9 Å². The first-order valence-electron chi connectivity index (χ1n) is 25.5. The minimum absolute atomic E-state index is 0.0139. The molecule has 0 saturated heterocycles. The number of aliphatic imine (C=N–C) groups is 1. The van der Waals surface area contributed by atoms with E-state index in [-0.39, 0.29) is 61.8 Å². The number of carbonyl (C=O) groups excluding carboxylic acids is 9. The third-order valence-corrected chi connectivity index (χ3v) is 12.3. The molecule has 0 saturated carbocycles. The van der Waals surface area contributed by atoms with E-state index in [2.05, 4.69) is 58.2 Å². The van der Waals surface area contributed by atoms with Gasteiger partial charge in [-0.2, -0.15) is 0 Å². The van der Waals surface area contributed by atoms with Crippen molar-refractivity contribution in [1.82, 2.24) is 42.5 Å². The van der Waals surface area contributed by atoms with Crippen molar-refractivity contribution in [3.63, 3.8) is 0 Å². The molecule has 9 amide bonds. The molecule has 80 heavy (non-hydrogen) atoms. The molecule has 0 heterocycles. The minimum Gasteiger partial charge on any atom is -0.481 e. The van der Waals surface area contributed by atoms with Crippen molar-refractivity contribution < 1.29 is 82.8 Å². The van der Waals surface area contributed by atoms with Crippen LogP contribution in [-0.2, 0) is 68.7 Å². The predicted octanol–water partition coefficient (Wildman–Crippen LogP) is -4.28. The Morgan fingerprint density at radius 3 is 1.23 bits per heavy atom. The summed E-state index contributed by atoms with van der Waals surface area (Å²) in [6, 6.07) is -5.03. The van der Waals surface area contributed by atoms with Gasteiger partial charge in [0.15, 0.2) is 5.96 Å². The Hall–Kier alpha value is -7.92. The zero-order chi connectivity index (χ0) is 60.8. The Kier molecular flexibility index (Phi) is 31.8. The summed E-state index contributed by atoms with van der Waals surface area (Å²) >= 11 is 2.69. The first-order chi connectivity index (χ1) is 37.4. The van der Waals surface area contributed by atoms with E-state index in [1.807, 2.05) is 5.32 Å². The van der Waals surface area contributed by atoms with Crippen LogP contribution in [-0.4, -0.2) is 180 Å². The molecule has 0 aliphatic heterocycles. The summed E-state index contributed by atoms with van der Waals surface area (Å²) in [5.41, 5.74) is 23.1. The van der Waals surface area contributed by atoms with Crippen LogP contribution < -0.4 is 65.5 Å². The number of aliphatic carboxylic acids is 4. The van der Waals surface area contributed by atoms with E-state index in [9.17, 15) is 77.6 Å². The number of guanidine groups is 1. The molecular weight excluding hydrogens is 1120 g/mol. The van der Waals surface area contributed by atoms with Crippen LogP contribution >= 0.6 is 0 Å². The van der Waals surface area contributed by atoms with Crippen LogP contribution in [0.15, 0.2) is 35.3 Å². The fourth-order valence-corrected chi connectivity index (χ4v) is 8.01. The Bertz CT molecular complexity index is 2360. The van der Waals surface area contributed by atoms with Crippen molar-refractivity contribution >= 4 is 99.0 Å². The topological polar surface area (TPSA) is 516 Å². The average molecular weight is 1200 g/mol. The van der Waals surface area contributed by atoms with Crippen LogP contribution in [0.3, 0.4) is 0 Å². The van der Waals surface area contributed by atoms with Gasteiger partial charge in [0.2, 0.25) is 23.6 Å². The summed E-state index contributed by atoms with van der Waals surface area (Å²) in [7, 11) is 0. The smallest absolute Gasteiger partial charge is 0.481 e. The Morgan fingerprint density at radius 1 is 0.487 bits per heavy atom. The number of rotatable bonds is 39. The molecule has 0 aliphatic rings. The first kappa shape index (κ1) is 70.1. The molecule has 0 aromatic heterocycles. The van der Waals surface area contributed by atoms with Crippen LogP contribution in [0.1, 0.15) is 104 Å². The number of hydrogen-bond acceptors (Lipinski definition) is 15. The molecular formula is C49H76N13O17Se. The quantitative estimate of drug-likeness (QED) is 0.0128. The van der Waals surface area contributed by atoms with Crippen LogP contribution in [0.2, 0.25) is 5.32 Å². The van der Waals surface area contributed by atoms with Gasteiger partial charge in [-0.25, -0.2) is 4.79 Å². The summed E-state index contributed by atoms with van der Waals surface area (Å²) < 4.78 is 0. The number of carbonyl (C=O) groups is 13. The van der Waals surface area contributed by atoms with Gasteiger partial charge in [0, 0.05) is 25.8 Å². The third-order valence-electron chi connectivity index (χ3n) is 11.6. The van der Waals surface area contributed by atoms with E-state index in [0.29, 0.717) is 0 Å². The van der Waals surface area contributed by atoms with E-state index in [1.54, 1.807) is 58.0 Å². The zero-order valence-electron chi connectivity index (χ0n) is 44.9. The van der Waals surface area contributed by atoms with E-state index in [0.717, 1.165) is 5.56 Å². The molecule has 445 valence electrons. The average Bonchev–Trinajstić information content (AvgIpc) is 3.36. The van der Waals surface area contributed by atoms with Gasteiger partial charge in [-0.05, 0) is 25.7 Å². The van der Waals surface area contributed by atoms with Crippen LogP contribution in [0, 0.1) is 11.8 Å². The Balaban J connectivity index is 3.56. The van der Waals surface area contributed by atoms with Crippen molar-refractivity contribution in [2.75, 3.05) is 6.54 Å². The number of nitrogens with two attached hydrogens (primary N) is 4. The van der Waals surface area contributed by atoms with Crippen LogP contribution in [0.25, 0.3) is 0 Å². The number of hydrogen-bond donors (Lipinski definition) is 16. The molecule has 0 unspecified atom stereocenters. The second-order valence-corrected chi connectivity index (χ2v) is 20.2. The van der Waals surface area contributed by atoms with Gasteiger partial charge in [0.05, 0.1) is 6.42 Å². The molecule has 30 nitrogen and oxygen atoms in total. The Labute approximate surface area is 469 Å². The number of nitrogens with zero attached hydrogens (tertiary/aromatic N) is 1. The van der Waals surface area contributed by atoms with Crippen molar-refractivity contribution in [2.24, 2.45) is 39.8 Å². The van der Waals surface area contributed by atoms with Crippen LogP contribution in [0.4, 0.5) is 0 Å². The number of amides is 9. The summed E-state index contributed by atoms with van der Waals surface area (Å²) in [5, 5.41) is 56.7. The van der Waals surface area contributed by atoms with Gasteiger partial charge in [-0.3, -0.25) is 43.3 Å². The molecule has 0 spiro atoms. The number of carboxylic acids is 4. The number of carboxylic acid groups (broad SMARTS) is 4. The molecule has 1 aromatic carbocycles. The monoisotopic (exact) mass is 1200 g/mol. The second-order valence-electron chi connectivity index (χ2n) is 19.5. The number of benzene rings is 1. The standard InChI is InChI=1S/C49H76N13O17Se/c1-24(2)19-32(59-45(75)33(20-25(3)4)60-47(77)35(23-80)62-40(70)27(50)21-26-9-6-5-7-10-26)44(74)57-29(12-15-37(64)65)42(72)55-28(11-8-18-54-49(52)53)41(71)56-30(13-16-38(66)67)43(73)61-34(22-36(51)63)46(76)58-31(48(78)79)14-17-39(68)69/h5-7,9-10,24-25,27-35H,8,11-23,50H2,1-4H3,(H2,51,63)(H,55,72)(H,56,71)(H,57,74)(H,58,76)(H,59,75)(H,60,77)(H,61,73)(H,62,70)(H,64,65)(H,66,67)(H,68,69)(H,78,79)(H4,52,53,54)/t27-,28-,29-,30-,31-,32-,33-,34-,35-/m0/s1. The summed E-state index contributed by atoms with van der Waals surface area (Å²) in [6.45, 7) is 6.82. The van der Waals surface area contributed by atoms with Gasteiger partial charge >= 0.3 is 252 Å². The minimum atomic E-state index is -1.95. The van der Waals surface area contributed by atoms with Crippen molar-refractivity contribution in [1.29, 1.82) is 0 Å². The van der Waals surface area contributed by atoms with E-state index in [4.69, 9.17) is 28.0 Å². The predicted molar refractivity (Wildman–Crippen MR) is 285 cm³/mol. The molecule has 1 radical (unpaired) electrons. The van der Waals surface area contributed by atoms with Gasteiger partial charge in [-0.1, -0.05) is 0 Å². The van der Waals surface area contributed by atoms with E-state index < -0.39 is 176 Å². The van der Waals surface area contributed by atoms with E-state index >= 15 is 0 Å². The molecule has 0 fully saturated rings. The fourth-order valence-electron chi connectivity index (χ4n) is 7.52. The Morgan fingerprint density at radius 2 is 0.838 bits per heavy atom. The van der Waals surface area contributed by atoms with Crippen LogP contribution in [0.5, 0.6) is 0 Å². The SMILES string of the molecule is CC(C)C[C@H](NC(=O)[C@H](CC(C)C)NC(=O)[C@H](C[Se])NC(=O)[C@@H](N)Cc1ccccc1)C(=O)N[C@@H](CCC(=O)O)C(=O)N[C@@H](CCCN=C(N)N)C(=O)N[C@@H](CCC(=O)O)C(=O)N[C@@H](CC(N)=O)C(=O)N[C@@H](CCC(=O)O)C(=O)O. The fraction of sp³-hybridized carbons (Fsp3) is 0.592. The summed E-state index contributed by atoms with van der Waals surface area (Å²) in [5.74, 6) is -16.2. The van der Waals surface area contributed by atoms with Gasteiger partial charge in [0.25, 0.3) is 0 Å². The maximum absolute atomic E-state index is 14.2. The molecule has 0 bridgehead atoms. The molecule has 9 atom stereocenters. The number of nitrogens with one attached hydrogen (secondary N) is 8. The van der Waals surface area contributed by atoms with Gasteiger partial charge in [0.1, 0.15) is 24.2 Å². The number of primary amides is 1.